The van der Waals surface area contributed by atoms with E-state index in [-0.39, 0.29) is 16.9 Å². The third-order valence-electron chi connectivity index (χ3n) is 6.17. The second kappa shape index (κ2) is 13.8. The van der Waals surface area contributed by atoms with Crippen LogP contribution in [0.25, 0.3) is 6.08 Å². The van der Waals surface area contributed by atoms with Crippen molar-refractivity contribution in [3.05, 3.63) is 95.0 Å². The number of rotatable bonds is 8. The number of amides is 2. The molecule has 1 aliphatic heterocycles. The van der Waals surface area contributed by atoms with Crippen molar-refractivity contribution in [2.45, 2.75) is 13.3 Å². The molecule has 2 amide bonds. The van der Waals surface area contributed by atoms with Gasteiger partial charge in [-0.25, -0.2) is 0 Å². The lowest BCUT2D eigenvalue weighted by Gasteiger charge is -2.36. The van der Waals surface area contributed by atoms with E-state index in [1.165, 1.54) is 0 Å². The Kier molecular flexibility index (Phi) is 9.94. The highest BCUT2D eigenvalue weighted by molar-refractivity contribution is 7.80. The number of thiocarbonyl (C=S) groups is 1. The fraction of sp³-hybridized carbons (Fsp3) is 0.233. The van der Waals surface area contributed by atoms with Gasteiger partial charge in [-0.05, 0) is 72.7 Å². The molecule has 1 heterocycles. The lowest BCUT2D eigenvalue weighted by atomic mass is 10.2. The Bertz CT molecular complexity index is 1320. The number of anilines is 2. The molecule has 0 bridgehead atoms. The van der Waals surface area contributed by atoms with Crippen LogP contribution >= 0.6 is 23.8 Å². The first-order chi connectivity index (χ1) is 18.9. The van der Waals surface area contributed by atoms with Gasteiger partial charge in [0.1, 0.15) is 5.75 Å². The number of nitrogens with one attached hydrogen (secondary N) is 2. The summed E-state index contributed by atoms with van der Waals surface area (Å²) < 4.78 is 5.55. The van der Waals surface area contributed by atoms with Crippen LogP contribution in [-0.2, 0) is 4.79 Å². The van der Waals surface area contributed by atoms with Gasteiger partial charge in [0.05, 0.1) is 17.3 Å². The van der Waals surface area contributed by atoms with Gasteiger partial charge in [0.15, 0.2) is 5.11 Å². The first kappa shape index (κ1) is 28.1. The summed E-state index contributed by atoms with van der Waals surface area (Å²) in [7, 11) is 0. The van der Waals surface area contributed by atoms with Crippen molar-refractivity contribution in [3.8, 4) is 5.75 Å². The number of hydrogen-bond donors (Lipinski definition) is 2. The van der Waals surface area contributed by atoms with E-state index in [1.54, 1.807) is 36.4 Å². The maximum Gasteiger partial charge on any atom is 0.257 e. The molecule has 1 saturated heterocycles. The average Bonchev–Trinajstić information content (AvgIpc) is 2.95. The summed E-state index contributed by atoms with van der Waals surface area (Å²) in [6.07, 6.45) is 4.37. The van der Waals surface area contributed by atoms with Crippen LogP contribution in [0, 0.1) is 0 Å². The van der Waals surface area contributed by atoms with E-state index in [9.17, 15) is 9.59 Å². The van der Waals surface area contributed by atoms with E-state index >= 15 is 0 Å². The summed E-state index contributed by atoms with van der Waals surface area (Å²) in [4.78, 5) is 29.1. The van der Waals surface area contributed by atoms with Crippen LogP contribution in [0.1, 0.15) is 29.3 Å². The average molecular weight is 563 g/mol. The van der Waals surface area contributed by atoms with E-state index in [4.69, 9.17) is 28.6 Å². The Hall–Kier alpha value is -3.88. The lowest BCUT2D eigenvalue weighted by Crippen LogP contribution is -2.48. The van der Waals surface area contributed by atoms with Gasteiger partial charge < -0.3 is 19.9 Å². The molecular formula is C30H31ClN4O3S. The zero-order valence-corrected chi connectivity index (χ0v) is 23.3. The molecule has 1 aliphatic rings. The molecule has 7 nitrogen and oxygen atoms in total. The molecular weight excluding hydrogens is 532 g/mol. The van der Waals surface area contributed by atoms with Gasteiger partial charge in [0.2, 0.25) is 5.91 Å². The Labute approximate surface area is 239 Å². The number of carbonyl (C=O) groups excluding carboxylic acids is 2. The highest BCUT2D eigenvalue weighted by Gasteiger charge is 2.21. The molecule has 2 N–H and O–H groups in total. The molecule has 0 unspecified atom stereocenters. The molecule has 9 heteroatoms. The van der Waals surface area contributed by atoms with Gasteiger partial charge in [-0.2, -0.15) is 0 Å². The third kappa shape index (κ3) is 8.05. The van der Waals surface area contributed by atoms with Crippen LogP contribution in [0.4, 0.5) is 11.4 Å². The molecule has 202 valence electrons. The highest BCUT2D eigenvalue weighted by Crippen LogP contribution is 2.29. The highest BCUT2D eigenvalue weighted by atomic mass is 35.5. The first-order valence-electron chi connectivity index (χ1n) is 12.8. The largest absolute Gasteiger partial charge is 0.494 e. The monoisotopic (exact) mass is 562 g/mol. The van der Waals surface area contributed by atoms with E-state index in [1.807, 2.05) is 60.4 Å². The second-order valence-electron chi connectivity index (χ2n) is 9.00. The molecule has 0 spiro atoms. The summed E-state index contributed by atoms with van der Waals surface area (Å²) in [5.41, 5.74) is 3.02. The minimum absolute atomic E-state index is 0.000442. The van der Waals surface area contributed by atoms with Crippen molar-refractivity contribution in [3.63, 3.8) is 0 Å². The minimum Gasteiger partial charge on any atom is -0.494 e. The fourth-order valence-electron chi connectivity index (χ4n) is 4.11. The summed E-state index contributed by atoms with van der Waals surface area (Å²) in [5, 5.41) is 6.43. The number of ether oxygens (including phenoxy) is 1. The van der Waals surface area contributed by atoms with Crippen molar-refractivity contribution in [1.82, 2.24) is 10.2 Å². The Balaban J connectivity index is 1.27. The summed E-state index contributed by atoms with van der Waals surface area (Å²) in [5.74, 6) is 0.403. The number of hydrogen-bond acceptors (Lipinski definition) is 5. The quantitative estimate of drug-likeness (QED) is 0.274. The van der Waals surface area contributed by atoms with Crippen LogP contribution in [-0.4, -0.2) is 54.6 Å². The topological polar surface area (TPSA) is 73.9 Å². The van der Waals surface area contributed by atoms with Gasteiger partial charge in [-0.1, -0.05) is 48.9 Å². The molecule has 0 aliphatic carbocycles. The van der Waals surface area contributed by atoms with Gasteiger partial charge >= 0.3 is 0 Å². The SMILES string of the molecule is CCCOc1ccc(C(=O)NC(=S)Nc2ccc(N3CCN(C(=O)/C=C/c4ccccc4)CC3)c(Cl)c2)cc1. The molecule has 39 heavy (non-hydrogen) atoms. The molecule has 0 atom stereocenters. The van der Waals surface area contributed by atoms with E-state index in [0.29, 0.717) is 49.1 Å². The van der Waals surface area contributed by atoms with Crippen LogP contribution in [0.5, 0.6) is 5.75 Å². The van der Waals surface area contributed by atoms with Gasteiger partial charge in [-0.15, -0.1) is 0 Å². The van der Waals surface area contributed by atoms with Gasteiger partial charge in [-0.3, -0.25) is 14.9 Å². The molecule has 0 aromatic heterocycles. The van der Waals surface area contributed by atoms with Crippen LogP contribution in [0.15, 0.2) is 78.9 Å². The number of halogens is 1. The predicted octanol–water partition coefficient (Wildman–Crippen LogP) is 5.62. The number of piperazine rings is 1. The molecule has 3 aromatic rings. The normalized spacial score (nSPS) is 13.3. The maximum atomic E-state index is 12.6. The number of benzene rings is 3. The van der Waals surface area contributed by atoms with Crippen molar-refractivity contribution < 1.29 is 14.3 Å². The van der Waals surface area contributed by atoms with E-state index in [2.05, 4.69) is 15.5 Å². The van der Waals surface area contributed by atoms with Crippen LogP contribution in [0.2, 0.25) is 5.02 Å². The first-order valence-corrected chi connectivity index (χ1v) is 13.6. The Morgan fingerprint density at radius 2 is 1.72 bits per heavy atom. The summed E-state index contributed by atoms with van der Waals surface area (Å²) in [6, 6.07) is 22.2. The Morgan fingerprint density at radius 3 is 2.38 bits per heavy atom. The molecule has 1 fully saturated rings. The zero-order chi connectivity index (χ0) is 27.6. The zero-order valence-electron chi connectivity index (χ0n) is 21.7. The number of carbonyl (C=O) groups is 2. The van der Waals surface area contributed by atoms with Crippen LogP contribution in [0.3, 0.4) is 0 Å². The second-order valence-corrected chi connectivity index (χ2v) is 9.82. The van der Waals surface area contributed by atoms with Crippen molar-refractivity contribution in [1.29, 1.82) is 0 Å². The van der Waals surface area contributed by atoms with Gasteiger partial charge in [0.25, 0.3) is 5.91 Å². The van der Waals surface area contributed by atoms with Crippen LogP contribution < -0.4 is 20.3 Å². The smallest absolute Gasteiger partial charge is 0.257 e. The minimum atomic E-state index is -0.316. The van der Waals surface area contributed by atoms with Crippen molar-refractivity contribution in [2.75, 3.05) is 43.0 Å². The van der Waals surface area contributed by atoms with Gasteiger partial charge in [0, 0.05) is 43.5 Å². The van der Waals surface area contributed by atoms with Crippen molar-refractivity contribution >= 4 is 58.2 Å². The molecule has 4 rings (SSSR count). The third-order valence-corrected chi connectivity index (χ3v) is 6.68. The number of nitrogens with zero attached hydrogens (tertiary/aromatic N) is 2. The standard InChI is InChI=1S/C30H31ClN4O3S/c1-2-20-38-25-12-9-23(10-13-25)29(37)33-30(39)32-24-11-14-27(26(31)21-24)34-16-18-35(19-17-34)28(36)15-8-22-6-4-3-5-7-22/h3-15,21H,2,16-20H2,1H3,(H2,32,33,37,39)/b15-8+. The molecule has 0 radical (unpaired) electrons. The summed E-state index contributed by atoms with van der Waals surface area (Å²) in [6.45, 7) is 5.23. The fourth-order valence-corrected chi connectivity index (χ4v) is 4.62. The van der Waals surface area contributed by atoms with E-state index in [0.717, 1.165) is 23.4 Å². The lowest BCUT2D eigenvalue weighted by molar-refractivity contribution is -0.126. The molecule has 3 aromatic carbocycles. The van der Waals surface area contributed by atoms with Crippen molar-refractivity contribution in [2.24, 2.45) is 0 Å². The maximum absolute atomic E-state index is 12.6. The van der Waals surface area contributed by atoms with E-state index < -0.39 is 0 Å². The Morgan fingerprint density at radius 1 is 1.00 bits per heavy atom. The predicted molar refractivity (Wildman–Crippen MR) is 162 cm³/mol. The summed E-state index contributed by atoms with van der Waals surface area (Å²) >= 11 is 11.9. The molecule has 0 saturated carbocycles.